The van der Waals surface area contributed by atoms with Crippen LogP contribution in [0.5, 0.6) is 0 Å². The predicted octanol–water partition coefficient (Wildman–Crippen LogP) is 3.33. The molecule has 7 heteroatoms. The van der Waals surface area contributed by atoms with E-state index in [9.17, 15) is 14.4 Å². The molecule has 0 bridgehead atoms. The van der Waals surface area contributed by atoms with Crippen molar-refractivity contribution in [3.05, 3.63) is 29.8 Å². The van der Waals surface area contributed by atoms with Gasteiger partial charge in [0.05, 0.1) is 6.04 Å². The Morgan fingerprint density at radius 1 is 1.28 bits per heavy atom. The first-order valence-corrected chi connectivity index (χ1v) is 8.23. The Morgan fingerprint density at radius 3 is 2.44 bits per heavy atom. The molecule has 0 aromatic heterocycles. The van der Waals surface area contributed by atoms with Crippen molar-refractivity contribution in [2.75, 3.05) is 11.9 Å². The zero-order chi connectivity index (χ0) is 18.6. The van der Waals surface area contributed by atoms with Crippen molar-refractivity contribution in [3.8, 4) is 0 Å². The summed E-state index contributed by atoms with van der Waals surface area (Å²) >= 11 is 0. The molecule has 3 amide bonds. The second-order valence-corrected chi connectivity index (χ2v) is 7.01. The van der Waals surface area contributed by atoms with Crippen LogP contribution in [0.15, 0.2) is 24.3 Å². The van der Waals surface area contributed by atoms with Gasteiger partial charge in [0.2, 0.25) is 5.91 Å². The lowest BCUT2D eigenvalue weighted by Gasteiger charge is -2.19. The van der Waals surface area contributed by atoms with Crippen LogP contribution >= 0.6 is 0 Å². The first-order valence-electron chi connectivity index (χ1n) is 8.23. The normalized spacial score (nSPS) is 17.2. The Labute approximate surface area is 147 Å². The molecule has 136 valence electrons. The van der Waals surface area contributed by atoms with Crippen LogP contribution < -0.4 is 5.32 Å². The number of hydrogen-bond donors (Lipinski definition) is 1. The third-order valence-corrected chi connectivity index (χ3v) is 3.58. The number of benzene rings is 1. The first-order chi connectivity index (χ1) is 11.7. The standard InChI is InChI=1S/C18H24N2O5/c1-12-11-24-17(23)20(12)15(21)10-7-13-5-8-14(9-6-13)19-16(22)25-18(2,3)4/h5-6,8-9,12H,7,10-11H2,1-4H3,(H,19,22)/t12-/m1/s1. The highest BCUT2D eigenvalue weighted by molar-refractivity contribution is 5.93. The van der Waals surface area contributed by atoms with E-state index in [0.29, 0.717) is 12.1 Å². The number of ether oxygens (including phenoxy) is 2. The number of cyclic esters (lactones) is 1. The molecule has 1 atom stereocenters. The van der Waals surface area contributed by atoms with Gasteiger partial charge in [-0.05, 0) is 51.8 Å². The number of anilines is 1. The van der Waals surface area contributed by atoms with Crippen LogP contribution in [0.4, 0.5) is 15.3 Å². The molecule has 1 saturated heterocycles. The van der Waals surface area contributed by atoms with Crippen molar-refractivity contribution in [2.24, 2.45) is 0 Å². The summed E-state index contributed by atoms with van der Waals surface area (Å²) in [5.74, 6) is -0.244. The molecular weight excluding hydrogens is 324 g/mol. The van der Waals surface area contributed by atoms with Crippen LogP contribution in [0.3, 0.4) is 0 Å². The van der Waals surface area contributed by atoms with Crippen LogP contribution in [-0.4, -0.2) is 41.2 Å². The second kappa shape index (κ2) is 7.55. The van der Waals surface area contributed by atoms with Gasteiger partial charge in [-0.1, -0.05) is 12.1 Å². The van der Waals surface area contributed by atoms with Gasteiger partial charge in [0.15, 0.2) is 0 Å². The Bertz CT molecular complexity index is 648. The van der Waals surface area contributed by atoms with E-state index < -0.39 is 17.8 Å². The summed E-state index contributed by atoms with van der Waals surface area (Å²) in [4.78, 5) is 36.5. The fourth-order valence-corrected chi connectivity index (χ4v) is 2.41. The highest BCUT2D eigenvalue weighted by atomic mass is 16.6. The third kappa shape index (κ3) is 5.48. The van der Waals surface area contributed by atoms with Crippen LogP contribution in [0.25, 0.3) is 0 Å². The van der Waals surface area contributed by atoms with Gasteiger partial charge in [-0.25, -0.2) is 14.5 Å². The number of carbonyl (C=O) groups excluding carboxylic acids is 3. The minimum absolute atomic E-state index is 0.221. The molecule has 1 fully saturated rings. The maximum Gasteiger partial charge on any atom is 0.416 e. The summed E-state index contributed by atoms with van der Waals surface area (Å²) in [6.07, 6.45) is -0.369. The minimum Gasteiger partial charge on any atom is -0.447 e. The van der Waals surface area contributed by atoms with Crippen LogP contribution in [0.2, 0.25) is 0 Å². The SMILES string of the molecule is C[C@@H]1COC(=O)N1C(=O)CCc1ccc(NC(=O)OC(C)(C)C)cc1. The molecule has 0 unspecified atom stereocenters. The predicted molar refractivity (Wildman–Crippen MR) is 92.3 cm³/mol. The topological polar surface area (TPSA) is 84.9 Å². The molecule has 25 heavy (non-hydrogen) atoms. The van der Waals surface area contributed by atoms with E-state index in [4.69, 9.17) is 9.47 Å². The van der Waals surface area contributed by atoms with Gasteiger partial charge in [-0.2, -0.15) is 0 Å². The Kier molecular flexibility index (Phi) is 5.66. The third-order valence-electron chi connectivity index (χ3n) is 3.58. The molecule has 0 spiro atoms. The summed E-state index contributed by atoms with van der Waals surface area (Å²) in [6.45, 7) is 7.41. The number of nitrogens with zero attached hydrogens (tertiary/aromatic N) is 1. The molecule has 2 rings (SSSR count). The fourth-order valence-electron chi connectivity index (χ4n) is 2.41. The Morgan fingerprint density at radius 2 is 1.92 bits per heavy atom. The number of rotatable bonds is 4. The summed E-state index contributed by atoms with van der Waals surface area (Å²) in [5.41, 5.74) is 0.988. The molecular formula is C18H24N2O5. The molecule has 1 N–H and O–H groups in total. The lowest BCUT2D eigenvalue weighted by atomic mass is 10.1. The lowest BCUT2D eigenvalue weighted by molar-refractivity contribution is -0.128. The van der Waals surface area contributed by atoms with Crippen molar-refractivity contribution in [1.29, 1.82) is 0 Å². The van der Waals surface area contributed by atoms with Crippen molar-refractivity contribution < 1.29 is 23.9 Å². The molecule has 1 aromatic rings. The van der Waals surface area contributed by atoms with E-state index in [1.165, 1.54) is 4.90 Å². The molecule has 1 heterocycles. The van der Waals surface area contributed by atoms with Crippen molar-refractivity contribution in [3.63, 3.8) is 0 Å². The summed E-state index contributed by atoms with van der Waals surface area (Å²) in [7, 11) is 0. The van der Waals surface area contributed by atoms with E-state index in [1.807, 2.05) is 12.1 Å². The highest BCUT2D eigenvalue weighted by Crippen LogP contribution is 2.17. The second-order valence-electron chi connectivity index (χ2n) is 7.01. The van der Waals surface area contributed by atoms with Gasteiger partial charge in [-0.3, -0.25) is 10.1 Å². The zero-order valence-corrected chi connectivity index (χ0v) is 15.0. The maximum absolute atomic E-state index is 12.1. The molecule has 0 saturated carbocycles. The monoisotopic (exact) mass is 348 g/mol. The minimum atomic E-state index is -0.575. The largest absolute Gasteiger partial charge is 0.447 e. The van der Waals surface area contributed by atoms with Gasteiger partial charge in [0.25, 0.3) is 0 Å². The first kappa shape index (κ1) is 18.8. The van der Waals surface area contributed by atoms with Crippen LogP contribution in [0.1, 0.15) is 39.7 Å². The Balaban J connectivity index is 1.85. The molecule has 0 aliphatic carbocycles. The number of imide groups is 1. The van der Waals surface area contributed by atoms with E-state index >= 15 is 0 Å². The van der Waals surface area contributed by atoms with Gasteiger partial charge >= 0.3 is 12.2 Å². The lowest BCUT2D eigenvalue weighted by Crippen LogP contribution is -2.37. The van der Waals surface area contributed by atoms with Gasteiger partial charge in [0.1, 0.15) is 12.2 Å². The van der Waals surface area contributed by atoms with Crippen LogP contribution in [0, 0.1) is 0 Å². The number of amides is 3. The number of hydrogen-bond acceptors (Lipinski definition) is 5. The number of carbonyl (C=O) groups is 3. The summed E-state index contributed by atoms with van der Waals surface area (Å²) in [6, 6.07) is 6.92. The number of aryl methyl sites for hydroxylation is 1. The quantitative estimate of drug-likeness (QED) is 0.902. The maximum atomic E-state index is 12.1. The van der Waals surface area contributed by atoms with E-state index in [2.05, 4.69) is 5.32 Å². The van der Waals surface area contributed by atoms with Crippen LogP contribution in [-0.2, 0) is 20.7 Å². The average Bonchev–Trinajstić information content (AvgIpc) is 2.83. The number of nitrogens with one attached hydrogen (secondary N) is 1. The molecule has 7 nitrogen and oxygen atoms in total. The average molecular weight is 348 g/mol. The van der Waals surface area contributed by atoms with E-state index in [-0.39, 0.29) is 25.0 Å². The summed E-state index contributed by atoms with van der Waals surface area (Å²) < 4.78 is 10.0. The smallest absolute Gasteiger partial charge is 0.416 e. The van der Waals surface area contributed by atoms with Gasteiger partial charge in [-0.15, -0.1) is 0 Å². The van der Waals surface area contributed by atoms with Crippen molar-refractivity contribution >= 4 is 23.8 Å². The van der Waals surface area contributed by atoms with E-state index in [0.717, 1.165) is 5.56 Å². The Hall–Kier alpha value is -2.57. The summed E-state index contributed by atoms with van der Waals surface area (Å²) in [5, 5.41) is 2.65. The molecule has 0 radical (unpaired) electrons. The highest BCUT2D eigenvalue weighted by Gasteiger charge is 2.34. The van der Waals surface area contributed by atoms with Crippen molar-refractivity contribution in [2.45, 2.75) is 52.2 Å². The zero-order valence-electron chi connectivity index (χ0n) is 15.0. The molecule has 1 aromatic carbocycles. The fraction of sp³-hybridized carbons (Fsp3) is 0.500. The van der Waals surface area contributed by atoms with Gasteiger partial charge < -0.3 is 9.47 Å². The van der Waals surface area contributed by atoms with Gasteiger partial charge in [0, 0.05) is 12.1 Å². The van der Waals surface area contributed by atoms with Crippen molar-refractivity contribution in [1.82, 2.24) is 4.90 Å². The molecule has 1 aliphatic heterocycles. The molecule has 1 aliphatic rings. The van der Waals surface area contributed by atoms with E-state index in [1.54, 1.807) is 39.8 Å².